The van der Waals surface area contributed by atoms with Crippen molar-refractivity contribution in [2.45, 2.75) is 19.4 Å². The average Bonchev–Trinajstić information content (AvgIpc) is 3.49. The van der Waals surface area contributed by atoms with Gasteiger partial charge < -0.3 is 19.0 Å². The van der Waals surface area contributed by atoms with Crippen LogP contribution in [0.3, 0.4) is 0 Å². The molecular formula is C24H22N2O3. The number of aliphatic hydroxyl groups excluding tert-OH is 1. The van der Waals surface area contributed by atoms with Gasteiger partial charge in [0.1, 0.15) is 22.9 Å². The predicted molar refractivity (Wildman–Crippen MR) is 111 cm³/mol. The van der Waals surface area contributed by atoms with Crippen molar-refractivity contribution in [2.75, 3.05) is 6.61 Å². The number of fused-ring (bicyclic) bond motifs is 1. The van der Waals surface area contributed by atoms with Gasteiger partial charge in [-0.3, -0.25) is 0 Å². The summed E-state index contributed by atoms with van der Waals surface area (Å²) in [5, 5.41) is 9.29. The van der Waals surface area contributed by atoms with E-state index in [1.807, 2.05) is 77.5 Å². The summed E-state index contributed by atoms with van der Waals surface area (Å²) in [6, 6.07) is 19.4. The fraction of sp³-hybridized carbons (Fsp3) is 0.208. The van der Waals surface area contributed by atoms with Crippen molar-refractivity contribution in [3.05, 3.63) is 78.6 Å². The Kier molecular flexibility index (Phi) is 4.66. The molecule has 4 aromatic rings. The molecule has 146 valence electrons. The summed E-state index contributed by atoms with van der Waals surface area (Å²) in [7, 11) is 0. The lowest BCUT2D eigenvalue weighted by molar-refractivity contribution is 0.282. The Morgan fingerprint density at radius 1 is 0.966 bits per heavy atom. The monoisotopic (exact) mass is 386 g/mol. The van der Waals surface area contributed by atoms with Gasteiger partial charge in [0, 0.05) is 24.0 Å². The number of nitrogens with zero attached hydrogens (tertiary/aromatic N) is 2. The second-order valence-corrected chi connectivity index (χ2v) is 7.44. The van der Waals surface area contributed by atoms with Gasteiger partial charge in [0.2, 0.25) is 0 Å². The van der Waals surface area contributed by atoms with E-state index in [2.05, 4.69) is 4.98 Å². The fourth-order valence-electron chi connectivity index (χ4n) is 3.22. The van der Waals surface area contributed by atoms with Crippen LogP contribution < -0.4 is 9.47 Å². The van der Waals surface area contributed by atoms with E-state index in [1.165, 1.54) is 12.8 Å². The summed E-state index contributed by atoms with van der Waals surface area (Å²) in [6.07, 6.45) is 6.44. The van der Waals surface area contributed by atoms with Gasteiger partial charge in [0.05, 0.1) is 18.9 Å². The highest BCUT2D eigenvalue weighted by Crippen LogP contribution is 2.31. The Hall–Kier alpha value is -3.31. The standard InChI is InChI=1S/C24H22N2O3/c27-15-18-10-11-26-14-23(25-24(26)12-18)19-6-8-20(9-7-19)29-22-3-1-2-21(13-22)28-16-17-4-5-17/h1-3,6-14,17,27H,4-5,15-16H2. The number of benzene rings is 2. The van der Waals surface area contributed by atoms with Crippen molar-refractivity contribution >= 4 is 5.65 Å². The summed E-state index contributed by atoms with van der Waals surface area (Å²) in [6.45, 7) is 0.800. The third-order valence-electron chi connectivity index (χ3n) is 5.08. The molecule has 0 amide bonds. The molecule has 2 aromatic carbocycles. The van der Waals surface area contributed by atoms with Crippen molar-refractivity contribution < 1.29 is 14.6 Å². The fourth-order valence-corrected chi connectivity index (χ4v) is 3.22. The van der Waals surface area contributed by atoms with Crippen LogP contribution in [-0.2, 0) is 6.61 Å². The van der Waals surface area contributed by atoms with Crippen LogP contribution in [0.15, 0.2) is 73.1 Å². The van der Waals surface area contributed by atoms with Gasteiger partial charge in [-0.1, -0.05) is 6.07 Å². The Morgan fingerprint density at radius 2 is 1.79 bits per heavy atom. The minimum absolute atomic E-state index is 0.0115. The second-order valence-electron chi connectivity index (χ2n) is 7.44. The van der Waals surface area contributed by atoms with Gasteiger partial charge >= 0.3 is 0 Å². The molecule has 0 bridgehead atoms. The van der Waals surface area contributed by atoms with Crippen LogP contribution in [0.2, 0.25) is 0 Å². The number of imidazole rings is 1. The van der Waals surface area contributed by atoms with Gasteiger partial charge in [0.25, 0.3) is 0 Å². The highest BCUT2D eigenvalue weighted by molar-refractivity contribution is 5.63. The van der Waals surface area contributed by atoms with Crippen molar-refractivity contribution in [3.63, 3.8) is 0 Å². The van der Waals surface area contributed by atoms with E-state index < -0.39 is 0 Å². The highest BCUT2D eigenvalue weighted by Gasteiger charge is 2.21. The first-order chi connectivity index (χ1) is 14.3. The topological polar surface area (TPSA) is 56.0 Å². The van der Waals surface area contributed by atoms with Crippen LogP contribution in [0.5, 0.6) is 17.2 Å². The molecule has 1 N–H and O–H groups in total. The number of hydrogen-bond acceptors (Lipinski definition) is 4. The first-order valence-electron chi connectivity index (χ1n) is 9.86. The maximum atomic E-state index is 9.29. The molecule has 0 radical (unpaired) electrons. The van der Waals surface area contributed by atoms with Gasteiger partial charge in [-0.2, -0.15) is 0 Å². The Morgan fingerprint density at radius 3 is 2.59 bits per heavy atom. The van der Waals surface area contributed by atoms with Crippen molar-refractivity contribution in [2.24, 2.45) is 5.92 Å². The quantitative estimate of drug-likeness (QED) is 0.481. The maximum Gasteiger partial charge on any atom is 0.137 e. The molecule has 1 saturated carbocycles. The van der Waals surface area contributed by atoms with Crippen LogP contribution in [0.1, 0.15) is 18.4 Å². The van der Waals surface area contributed by atoms with Gasteiger partial charge in [0.15, 0.2) is 0 Å². The lowest BCUT2D eigenvalue weighted by atomic mass is 10.1. The first-order valence-corrected chi connectivity index (χ1v) is 9.86. The number of aromatic nitrogens is 2. The van der Waals surface area contributed by atoms with E-state index in [0.29, 0.717) is 0 Å². The molecule has 0 aliphatic heterocycles. The van der Waals surface area contributed by atoms with E-state index in [4.69, 9.17) is 9.47 Å². The van der Waals surface area contributed by atoms with Crippen molar-refractivity contribution in [1.29, 1.82) is 0 Å². The molecule has 1 aliphatic rings. The smallest absolute Gasteiger partial charge is 0.137 e. The predicted octanol–water partition coefficient (Wildman–Crippen LogP) is 5.07. The molecule has 5 rings (SSSR count). The summed E-state index contributed by atoms with van der Waals surface area (Å²) < 4.78 is 13.8. The average molecular weight is 386 g/mol. The molecule has 1 fully saturated rings. The van der Waals surface area contributed by atoms with Gasteiger partial charge in [-0.15, -0.1) is 0 Å². The SMILES string of the molecule is OCc1ccn2cc(-c3ccc(Oc4cccc(OCC5CC5)c4)cc3)nc2c1. The van der Waals surface area contributed by atoms with Gasteiger partial charge in [-0.25, -0.2) is 4.98 Å². The lowest BCUT2D eigenvalue weighted by Gasteiger charge is -2.09. The van der Waals surface area contributed by atoms with E-state index >= 15 is 0 Å². The molecule has 5 heteroatoms. The minimum Gasteiger partial charge on any atom is -0.493 e. The molecule has 0 atom stereocenters. The minimum atomic E-state index is 0.0115. The maximum absolute atomic E-state index is 9.29. The van der Waals surface area contributed by atoms with Crippen molar-refractivity contribution in [3.8, 4) is 28.5 Å². The molecule has 5 nitrogen and oxygen atoms in total. The Labute approximate surface area is 169 Å². The first kappa shape index (κ1) is 17.8. The molecular weight excluding hydrogens is 364 g/mol. The summed E-state index contributed by atoms with van der Waals surface area (Å²) in [5.74, 6) is 3.09. The third kappa shape index (κ3) is 4.10. The molecule has 2 aromatic heterocycles. The lowest BCUT2D eigenvalue weighted by Crippen LogP contribution is -1.98. The molecule has 0 unspecified atom stereocenters. The number of rotatable bonds is 7. The van der Waals surface area contributed by atoms with Crippen LogP contribution in [-0.4, -0.2) is 21.1 Å². The second kappa shape index (κ2) is 7.60. The molecule has 2 heterocycles. The van der Waals surface area contributed by atoms with E-state index in [1.54, 1.807) is 0 Å². The summed E-state index contributed by atoms with van der Waals surface area (Å²) in [5.41, 5.74) is 3.55. The van der Waals surface area contributed by atoms with E-state index in [0.717, 1.165) is 52.2 Å². The summed E-state index contributed by atoms with van der Waals surface area (Å²) >= 11 is 0. The zero-order valence-electron chi connectivity index (χ0n) is 16.0. The van der Waals surface area contributed by atoms with Crippen LogP contribution in [0.25, 0.3) is 16.9 Å². The van der Waals surface area contributed by atoms with Crippen LogP contribution in [0, 0.1) is 5.92 Å². The molecule has 0 saturated heterocycles. The zero-order chi connectivity index (χ0) is 19.6. The third-order valence-corrected chi connectivity index (χ3v) is 5.08. The highest BCUT2D eigenvalue weighted by atomic mass is 16.5. The van der Waals surface area contributed by atoms with Crippen LogP contribution >= 0.6 is 0 Å². The number of hydrogen-bond donors (Lipinski definition) is 1. The zero-order valence-corrected chi connectivity index (χ0v) is 16.0. The molecule has 1 aliphatic carbocycles. The Bertz CT molecular complexity index is 1130. The number of pyridine rings is 1. The number of ether oxygens (including phenoxy) is 2. The molecule has 0 spiro atoms. The normalized spacial score (nSPS) is 13.6. The van der Waals surface area contributed by atoms with E-state index in [-0.39, 0.29) is 6.61 Å². The largest absolute Gasteiger partial charge is 0.493 e. The number of aliphatic hydroxyl groups is 1. The summed E-state index contributed by atoms with van der Waals surface area (Å²) in [4.78, 5) is 4.65. The van der Waals surface area contributed by atoms with Crippen molar-refractivity contribution in [1.82, 2.24) is 9.38 Å². The van der Waals surface area contributed by atoms with E-state index in [9.17, 15) is 5.11 Å². The van der Waals surface area contributed by atoms with Crippen LogP contribution in [0.4, 0.5) is 0 Å². The van der Waals surface area contributed by atoms with Gasteiger partial charge in [-0.05, 0) is 72.9 Å². The molecule has 29 heavy (non-hydrogen) atoms. The Balaban J connectivity index is 1.30.